The Balaban J connectivity index is 0.000000162. The molecule has 4 atom stereocenters. The normalized spacial score (nSPS) is 18.3. The quantitative estimate of drug-likeness (QED) is 0.0586. The van der Waals surface area contributed by atoms with Crippen LogP contribution in [0.25, 0.3) is 0 Å². The number of piperazine rings is 2. The lowest BCUT2D eigenvalue weighted by Gasteiger charge is -2.46. The van der Waals surface area contributed by atoms with Crippen LogP contribution in [-0.2, 0) is 61.5 Å². The number of nitrogens with one attached hydrogen (secondary N) is 1. The molecule has 2 aliphatic carbocycles. The second-order valence-electron chi connectivity index (χ2n) is 23.3. The van der Waals surface area contributed by atoms with Crippen LogP contribution in [0.3, 0.4) is 0 Å². The fraction of sp³-hybridized carbons (Fsp3) is 0.373. The van der Waals surface area contributed by atoms with E-state index in [0.29, 0.717) is 63.9 Å². The number of alkyl halides is 1. The molecule has 2 unspecified atom stereocenters. The molecule has 458 valence electrons. The lowest BCUT2D eigenvalue weighted by molar-refractivity contribution is -0.140. The van der Waals surface area contributed by atoms with E-state index < -0.39 is 20.1 Å². The van der Waals surface area contributed by atoms with Gasteiger partial charge in [-0.3, -0.25) is 24.5 Å². The van der Waals surface area contributed by atoms with E-state index in [1.165, 1.54) is 22.3 Å². The predicted octanol–water partition coefficient (Wildman–Crippen LogP) is 9.49. The Kier molecular flexibility index (Phi) is 22.8. The fourth-order valence-electron chi connectivity index (χ4n) is 12.6. The van der Waals surface area contributed by atoms with Crippen molar-refractivity contribution in [2.45, 2.75) is 109 Å². The number of imidazole rings is 2. The zero-order valence-corrected chi connectivity index (χ0v) is 52.8. The number of hydrogen-bond donors (Lipinski definition) is 3. The average molecular weight is 1240 g/mol. The van der Waals surface area contributed by atoms with Crippen LogP contribution in [0.2, 0.25) is 23.7 Å². The highest BCUT2D eigenvalue weighted by Gasteiger charge is 2.44. The first-order valence-electron chi connectivity index (χ1n) is 30.8. The second-order valence-corrected chi connectivity index (χ2v) is 24.5. The van der Waals surface area contributed by atoms with E-state index in [1.807, 2.05) is 135 Å². The number of rotatable bonds is 17. The molecule has 16 nitrogen and oxygen atoms in total. The van der Waals surface area contributed by atoms with Crippen molar-refractivity contribution in [3.8, 4) is 0 Å². The summed E-state index contributed by atoms with van der Waals surface area (Å²) in [6, 6.07) is 39.5. The van der Waals surface area contributed by atoms with E-state index >= 15 is 0 Å². The molecule has 2 saturated heterocycles. The standard InChI is InChI=1S/C33H38BClN6O2.C20H30BN5O2.C14H11Cl2N/c1-34(43)40-20-21-41(32-30-26(10-5-12-28(30)35)13-14-27-11-6-15-37-31(27)32)29(23-40)33(42)39(22-25-8-3-2-4-9-25)18-7-17-38-19-16-36-24-38;1-17-13-24(16-23-17)10-6-11-25(14-18-7-4-3-5-8-18)20(27)19-15-26(21(2)28)12-9-22-19;15-11-5-1-3-9-6-7-10-4-2-8-17-14(10)13(16)12(9)11/h2-6,8-12,15-16,19,24,29,32,43H,7,13-14,17-18,20-23H2,1H3;3-5,7-8,13,16,19,22,28H,6,9-12,14-15H2,1-2H3;1-5,8,13H,6-7H2/t29-,32?;19-;/m11./s1. The minimum atomic E-state index is -0.656. The summed E-state index contributed by atoms with van der Waals surface area (Å²) in [6.07, 6.45) is 18.4. The van der Waals surface area contributed by atoms with Gasteiger partial charge in [-0.25, -0.2) is 9.97 Å². The third kappa shape index (κ3) is 16.4. The number of carbonyl (C=O) groups is 2. The SMILES string of the molecule is CB(O)N1CCN(C2c3ncccc3CCc3cccc(Cl)c32)[C@@H](C(=O)N(CCCn2ccnc2)Cc2ccccc2)C1.CB(O)N1CCN[C@@H](C(=O)N(CCCn2cnc(C)c2)Cc2ccccc2)C1.Clc1cccc2c1C(Cl)c1ncccc1CC2. The number of pyridine rings is 2. The van der Waals surface area contributed by atoms with E-state index in [9.17, 15) is 19.6 Å². The molecule has 0 radical (unpaired) electrons. The Hall–Kier alpha value is -6.70. The summed E-state index contributed by atoms with van der Waals surface area (Å²) in [4.78, 5) is 56.0. The van der Waals surface area contributed by atoms with Gasteiger partial charge in [0.1, 0.15) is 11.4 Å². The predicted molar refractivity (Wildman–Crippen MR) is 351 cm³/mol. The molecule has 2 fully saturated rings. The summed E-state index contributed by atoms with van der Waals surface area (Å²) < 4.78 is 4.11. The second kappa shape index (κ2) is 31.2. The van der Waals surface area contributed by atoms with E-state index in [4.69, 9.17) is 39.8 Å². The number of hydrogen-bond acceptors (Lipinski definition) is 12. The number of aromatic nitrogens is 6. The van der Waals surface area contributed by atoms with Gasteiger partial charge in [-0.1, -0.05) is 120 Å². The third-order valence-corrected chi connectivity index (χ3v) is 18.3. The zero-order valence-electron chi connectivity index (χ0n) is 50.5. The maximum Gasteiger partial charge on any atom is 0.376 e. The van der Waals surface area contributed by atoms with Crippen LogP contribution in [0, 0.1) is 6.92 Å². The van der Waals surface area contributed by atoms with Crippen molar-refractivity contribution in [3.05, 3.63) is 237 Å². The number of aryl methyl sites for hydroxylation is 7. The van der Waals surface area contributed by atoms with Crippen molar-refractivity contribution in [3.63, 3.8) is 0 Å². The molecule has 2 aliphatic heterocycles. The molecule has 0 saturated carbocycles. The van der Waals surface area contributed by atoms with Gasteiger partial charge in [0.2, 0.25) is 11.8 Å². The minimum absolute atomic E-state index is 0.0511. The van der Waals surface area contributed by atoms with Crippen LogP contribution in [0.5, 0.6) is 0 Å². The van der Waals surface area contributed by atoms with E-state index in [0.717, 1.165) is 103 Å². The van der Waals surface area contributed by atoms with E-state index in [-0.39, 0.29) is 29.3 Å². The third-order valence-electron chi connectivity index (χ3n) is 17.2. The fourth-order valence-corrected chi connectivity index (χ4v) is 13.7. The molecular formula is C67H79B2Cl3N12O4. The molecule has 12 rings (SSSR count). The molecule has 21 heteroatoms. The Bertz CT molecular complexity index is 3530. The lowest BCUT2D eigenvalue weighted by Crippen LogP contribution is -2.62. The van der Waals surface area contributed by atoms with Crippen LogP contribution >= 0.6 is 34.8 Å². The van der Waals surface area contributed by atoms with Crippen LogP contribution in [-0.4, -0.2) is 154 Å². The number of nitrogens with zero attached hydrogens (tertiary/aromatic N) is 11. The Morgan fingerprint density at radius 3 is 1.77 bits per heavy atom. The highest BCUT2D eigenvalue weighted by atomic mass is 35.5. The van der Waals surface area contributed by atoms with Crippen LogP contribution in [0.1, 0.15) is 85.8 Å². The molecule has 8 aromatic rings. The molecule has 6 heterocycles. The number of benzene rings is 4. The van der Waals surface area contributed by atoms with Gasteiger partial charge >= 0.3 is 14.1 Å². The molecule has 4 aliphatic rings. The van der Waals surface area contributed by atoms with Gasteiger partial charge in [-0.05, 0) is 128 Å². The summed E-state index contributed by atoms with van der Waals surface area (Å²) in [7, 11) is -1.19. The first kappa shape index (κ1) is 64.3. The van der Waals surface area contributed by atoms with Gasteiger partial charge in [-0.15, -0.1) is 11.6 Å². The molecular weight excluding hydrogens is 1160 g/mol. The van der Waals surface area contributed by atoms with Gasteiger partial charge in [-0.2, -0.15) is 0 Å². The first-order valence-corrected chi connectivity index (χ1v) is 32.0. The Morgan fingerprint density at radius 2 is 1.17 bits per heavy atom. The van der Waals surface area contributed by atoms with Crippen LogP contribution in [0.4, 0.5) is 0 Å². The van der Waals surface area contributed by atoms with Gasteiger partial charge in [0, 0.05) is 120 Å². The summed E-state index contributed by atoms with van der Waals surface area (Å²) in [5.74, 6) is 0.145. The highest BCUT2D eigenvalue weighted by Crippen LogP contribution is 2.42. The minimum Gasteiger partial charge on any atom is -0.437 e. The summed E-state index contributed by atoms with van der Waals surface area (Å²) in [5, 5.41) is 25.0. The first-order chi connectivity index (χ1) is 42.8. The smallest absolute Gasteiger partial charge is 0.376 e. The average Bonchev–Trinajstić information content (AvgIpc) is 1.57. The van der Waals surface area contributed by atoms with Crippen molar-refractivity contribution < 1.29 is 19.6 Å². The van der Waals surface area contributed by atoms with Gasteiger partial charge < -0.3 is 43.9 Å². The van der Waals surface area contributed by atoms with E-state index in [2.05, 4.69) is 78.3 Å². The summed E-state index contributed by atoms with van der Waals surface area (Å²) in [6.45, 7) is 13.1. The number of halogens is 3. The monoisotopic (exact) mass is 1240 g/mol. The Labute approximate surface area is 533 Å². The topological polar surface area (TPSA) is 164 Å². The molecule has 4 aromatic carbocycles. The number of fused-ring (bicyclic) bond motifs is 4. The van der Waals surface area contributed by atoms with Crippen molar-refractivity contribution in [1.82, 2.24) is 58.7 Å². The van der Waals surface area contributed by atoms with Crippen molar-refractivity contribution in [1.29, 1.82) is 0 Å². The summed E-state index contributed by atoms with van der Waals surface area (Å²) >= 11 is 19.8. The van der Waals surface area contributed by atoms with Gasteiger partial charge in [0.25, 0.3) is 0 Å². The van der Waals surface area contributed by atoms with Crippen LogP contribution < -0.4 is 5.32 Å². The molecule has 0 spiro atoms. The maximum absolute atomic E-state index is 14.8. The molecule has 88 heavy (non-hydrogen) atoms. The zero-order chi connectivity index (χ0) is 61.5. The molecule has 2 amide bonds. The van der Waals surface area contributed by atoms with Crippen molar-refractivity contribution in [2.75, 3.05) is 52.4 Å². The molecule has 4 aromatic heterocycles. The van der Waals surface area contributed by atoms with Crippen molar-refractivity contribution in [2.24, 2.45) is 0 Å². The van der Waals surface area contributed by atoms with Gasteiger partial charge in [0.05, 0.1) is 41.8 Å². The maximum atomic E-state index is 14.8. The summed E-state index contributed by atoms with van der Waals surface area (Å²) in [5.41, 5.74) is 12.0. The lowest BCUT2D eigenvalue weighted by atomic mass is 9.82. The Morgan fingerprint density at radius 1 is 0.614 bits per heavy atom. The molecule has 0 bridgehead atoms. The van der Waals surface area contributed by atoms with Gasteiger partial charge in [0.15, 0.2) is 0 Å². The van der Waals surface area contributed by atoms with Crippen molar-refractivity contribution >= 4 is 60.7 Å². The molecule has 3 N–H and O–H groups in total. The highest BCUT2D eigenvalue weighted by molar-refractivity contribution is 6.45. The van der Waals surface area contributed by atoms with Crippen LogP contribution in [0.15, 0.2) is 165 Å². The number of amides is 2. The van der Waals surface area contributed by atoms with E-state index in [1.54, 1.807) is 26.0 Å². The largest absolute Gasteiger partial charge is 0.437 e. The number of carbonyl (C=O) groups excluding carboxylic acids is 2.